The minimum atomic E-state index is -3.86. The molecule has 0 radical (unpaired) electrons. The maximum atomic E-state index is 12.3. The van der Waals surface area contributed by atoms with Crippen LogP contribution in [0, 0.1) is 25.7 Å². The molecule has 6 nitrogen and oxygen atoms in total. The Morgan fingerprint density at radius 3 is 1.21 bits per heavy atom. The zero-order chi connectivity index (χ0) is 20.9. The fourth-order valence-electron chi connectivity index (χ4n) is 2.27. The minimum absolute atomic E-state index is 0.0642. The second-order valence-corrected chi connectivity index (χ2v) is 10.3. The molecule has 28 heavy (non-hydrogen) atoms. The molecule has 0 saturated carbocycles. The second kappa shape index (κ2) is 9.17. The van der Waals surface area contributed by atoms with Crippen molar-refractivity contribution in [3.8, 4) is 0 Å². The minimum Gasteiger partial charge on any atom is -0.266 e. The third-order valence-corrected chi connectivity index (χ3v) is 7.15. The standard InChI is InChI=1S/C20H26O6S2/c1-15-5-9-19(10-6-15)27(21,22)25-13-17(3)18(4)14-26-28(23,24)20-11-7-16(2)8-12-20/h5-12,17-18H,13-14H2,1-4H3/t17-,18?/m0/s1. The van der Waals surface area contributed by atoms with Gasteiger partial charge in [-0.25, -0.2) is 0 Å². The first-order chi connectivity index (χ1) is 13.0. The van der Waals surface area contributed by atoms with E-state index >= 15 is 0 Å². The van der Waals surface area contributed by atoms with Crippen LogP contribution in [-0.4, -0.2) is 30.0 Å². The molecule has 0 fully saturated rings. The van der Waals surface area contributed by atoms with E-state index in [9.17, 15) is 16.8 Å². The molecule has 2 aromatic carbocycles. The molecule has 0 spiro atoms. The number of aryl methyl sites for hydroxylation is 2. The summed E-state index contributed by atoms with van der Waals surface area (Å²) in [5, 5.41) is 0. The zero-order valence-corrected chi connectivity index (χ0v) is 18.1. The van der Waals surface area contributed by atoms with Crippen molar-refractivity contribution in [3.05, 3.63) is 59.7 Å². The van der Waals surface area contributed by atoms with E-state index in [2.05, 4.69) is 0 Å². The lowest BCUT2D eigenvalue weighted by atomic mass is 9.98. The largest absolute Gasteiger partial charge is 0.296 e. The summed E-state index contributed by atoms with van der Waals surface area (Å²) in [5.41, 5.74) is 1.90. The van der Waals surface area contributed by atoms with Crippen molar-refractivity contribution >= 4 is 20.2 Å². The molecule has 154 valence electrons. The summed E-state index contributed by atoms with van der Waals surface area (Å²) in [6.07, 6.45) is 0. The van der Waals surface area contributed by atoms with Gasteiger partial charge >= 0.3 is 0 Å². The SMILES string of the molecule is Cc1ccc(S(=O)(=O)OCC(C)[C@@H](C)COS(=O)(=O)c2ccc(C)cc2)cc1. The van der Waals surface area contributed by atoms with Gasteiger partial charge in [0.25, 0.3) is 20.2 Å². The summed E-state index contributed by atoms with van der Waals surface area (Å²) in [7, 11) is -7.71. The Balaban J connectivity index is 1.91. The monoisotopic (exact) mass is 426 g/mol. The molecule has 0 aliphatic carbocycles. The summed E-state index contributed by atoms with van der Waals surface area (Å²) >= 11 is 0. The van der Waals surface area contributed by atoms with Crippen LogP contribution in [0.2, 0.25) is 0 Å². The molecule has 2 rings (SSSR count). The Labute approximate surface area is 167 Å². The topological polar surface area (TPSA) is 86.7 Å². The average Bonchev–Trinajstić information content (AvgIpc) is 2.65. The lowest BCUT2D eigenvalue weighted by Crippen LogP contribution is -2.23. The van der Waals surface area contributed by atoms with Gasteiger partial charge in [0.05, 0.1) is 23.0 Å². The summed E-state index contributed by atoms with van der Waals surface area (Å²) in [5.74, 6) is -0.457. The van der Waals surface area contributed by atoms with Gasteiger partial charge in [-0.15, -0.1) is 0 Å². The van der Waals surface area contributed by atoms with E-state index in [1.165, 1.54) is 24.3 Å². The molecule has 0 amide bonds. The lowest BCUT2D eigenvalue weighted by molar-refractivity contribution is 0.169. The van der Waals surface area contributed by atoms with Crippen LogP contribution in [-0.2, 0) is 28.6 Å². The molecular weight excluding hydrogens is 400 g/mol. The number of hydrogen-bond donors (Lipinski definition) is 0. The van der Waals surface area contributed by atoms with Gasteiger partial charge in [-0.1, -0.05) is 49.2 Å². The summed E-state index contributed by atoms with van der Waals surface area (Å²) in [4.78, 5) is 0.187. The van der Waals surface area contributed by atoms with Crippen LogP contribution in [0.3, 0.4) is 0 Å². The molecule has 0 heterocycles. The zero-order valence-electron chi connectivity index (χ0n) is 16.5. The average molecular weight is 427 g/mol. The molecule has 2 aromatic rings. The number of hydrogen-bond acceptors (Lipinski definition) is 6. The van der Waals surface area contributed by atoms with E-state index in [1.54, 1.807) is 38.1 Å². The second-order valence-electron chi connectivity index (χ2n) is 7.06. The number of benzene rings is 2. The maximum Gasteiger partial charge on any atom is 0.296 e. The molecule has 0 aliphatic rings. The fraction of sp³-hybridized carbons (Fsp3) is 0.400. The first-order valence-electron chi connectivity index (χ1n) is 8.93. The molecule has 1 unspecified atom stereocenters. The summed E-state index contributed by atoms with van der Waals surface area (Å²) in [6.45, 7) is 7.18. The Bertz CT molecular complexity index is 894. The quantitative estimate of drug-likeness (QED) is 0.569. The Morgan fingerprint density at radius 1 is 0.643 bits per heavy atom. The van der Waals surface area contributed by atoms with Crippen LogP contribution in [0.5, 0.6) is 0 Å². The molecule has 0 aromatic heterocycles. The first-order valence-corrected chi connectivity index (χ1v) is 11.7. The highest BCUT2D eigenvalue weighted by Crippen LogP contribution is 2.20. The van der Waals surface area contributed by atoms with Crippen LogP contribution in [0.1, 0.15) is 25.0 Å². The van der Waals surface area contributed by atoms with E-state index < -0.39 is 20.2 Å². The Kier molecular flexibility index (Phi) is 7.39. The Morgan fingerprint density at radius 2 is 0.929 bits per heavy atom. The van der Waals surface area contributed by atoms with E-state index in [4.69, 9.17) is 8.37 Å². The van der Waals surface area contributed by atoms with Crippen LogP contribution < -0.4 is 0 Å². The van der Waals surface area contributed by atoms with Crippen LogP contribution in [0.15, 0.2) is 58.3 Å². The summed E-state index contributed by atoms with van der Waals surface area (Å²) in [6, 6.07) is 12.8. The maximum absolute atomic E-state index is 12.3. The molecule has 8 heteroatoms. The van der Waals surface area contributed by atoms with Crippen molar-refractivity contribution in [1.29, 1.82) is 0 Å². The van der Waals surface area contributed by atoms with Gasteiger partial charge in [0.15, 0.2) is 0 Å². The highest BCUT2D eigenvalue weighted by molar-refractivity contribution is 7.87. The van der Waals surface area contributed by atoms with Crippen molar-refractivity contribution in [2.24, 2.45) is 11.8 Å². The lowest BCUT2D eigenvalue weighted by Gasteiger charge is -2.19. The normalized spacial score (nSPS) is 14.6. The molecule has 0 bridgehead atoms. The van der Waals surface area contributed by atoms with Crippen molar-refractivity contribution in [2.75, 3.05) is 13.2 Å². The van der Waals surface area contributed by atoms with Crippen LogP contribution in [0.4, 0.5) is 0 Å². The number of rotatable bonds is 9. The van der Waals surface area contributed by atoms with Gasteiger partial charge in [-0.05, 0) is 49.9 Å². The van der Waals surface area contributed by atoms with Gasteiger partial charge in [0.2, 0.25) is 0 Å². The first kappa shape index (κ1) is 22.5. The third kappa shape index (κ3) is 6.13. The fourth-order valence-corrected chi connectivity index (χ4v) is 4.27. The third-order valence-electron chi connectivity index (χ3n) is 4.56. The van der Waals surface area contributed by atoms with Crippen molar-refractivity contribution in [3.63, 3.8) is 0 Å². The van der Waals surface area contributed by atoms with Gasteiger partial charge in [-0.2, -0.15) is 16.8 Å². The predicted molar refractivity (Wildman–Crippen MR) is 107 cm³/mol. The van der Waals surface area contributed by atoms with Crippen LogP contribution >= 0.6 is 0 Å². The van der Waals surface area contributed by atoms with E-state index in [-0.39, 0.29) is 34.8 Å². The van der Waals surface area contributed by atoms with E-state index in [1.807, 2.05) is 13.8 Å². The van der Waals surface area contributed by atoms with E-state index in [0.717, 1.165) is 11.1 Å². The van der Waals surface area contributed by atoms with E-state index in [0.29, 0.717) is 0 Å². The van der Waals surface area contributed by atoms with Gasteiger partial charge < -0.3 is 0 Å². The van der Waals surface area contributed by atoms with Gasteiger partial charge in [0.1, 0.15) is 0 Å². The van der Waals surface area contributed by atoms with Crippen molar-refractivity contribution in [1.82, 2.24) is 0 Å². The molecule has 0 N–H and O–H groups in total. The molecule has 0 saturated heterocycles. The predicted octanol–water partition coefficient (Wildman–Crippen LogP) is 3.69. The molecule has 0 aliphatic heterocycles. The molecule has 2 atom stereocenters. The van der Waals surface area contributed by atoms with Gasteiger partial charge in [-0.3, -0.25) is 8.37 Å². The van der Waals surface area contributed by atoms with Crippen molar-refractivity contribution in [2.45, 2.75) is 37.5 Å². The van der Waals surface area contributed by atoms with Crippen molar-refractivity contribution < 1.29 is 25.2 Å². The summed E-state index contributed by atoms with van der Waals surface area (Å²) < 4.78 is 59.3. The Hall–Kier alpha value is -1.74. The van der Waals surface area contributed by atoms with Crippen LogP contribution in [0.25, 0.3) is 0 Å². The highest BCUT2D eigenvalue weighted by atomic mass is 32.2. The van der Waals surface area contributed by atoms with Gasteiger partial charge in [0, 0.05) is 0 Å². The molecular formula is C20H26O6S2. The smallest absolute Gasteiger partial charge is 0.266 e. The highest BCUT2D eigenvalue weighted by Gasteiger charge is 2.22.